The number of aliphatic hydroxyl groups is 1. The zero-order valence-electron chi connectivity index (χ0n) is 6.92. The lowest BCUT2D eigenvalue weighted by Crippen LogP contribution is -2.16. The van der Waals surface area contributed by atoms with Crippen LogP contribution < -0.4 is 0 Å². The third-order valence-corrected chi connectivity index (χ3v) is 4.55. The molecule has 0 aliphatic heterocycles. The normalized spacial score (nSPS) is 60.3. The quantitative estimate of drug-likeness (QED) is 0.562. The maximum atomic E-state index is 9.55. The number of hydrogen-bond donors (Lipinski definition) is 1. The molecule has 1 N–H and O–H groups in total. The average Bonchev–Trinajstić information content (AvgIpc) is 2.50. The van der Waals surface area contributed by atoms with Gasteiger partial charge in [0.1, 0.15) is 0 Å². The lowest BCUT2D eigenvalue weighted by Gasteiger charge is -2.24. The molecule has 0 spiro atoms. The zero-order valence-corrected chi connectivity index (χ0v) is 6.92. The highest BCUT2D eigenvalue weighted by Crippen LogP contribution is 2.65. The van der Waals surface area contributed by atoms with Gasteiger partial charge in [0.05, 0.1) is 6.10 Å². The Kier molecular flexibility index (Phi) is 1.07. The summed E-state index contributed by atoms with van der Waals surface area (Å²) in [5, 5.41) is 9.55. The van der Waals surface area contributed by atoms with Gasteiger partial charge in [0, 0.05) is 0 Å². The van der Waals surface area contributed by atoms with Crippen molar-refractivity contribution in [3.63, 3.8) is 0 Å². The lowest BCUT2D eigenvalue weighted by atomic mass is 9.81. The minimum Gasteiger partial charge on any atom is -0.393 e. The number of aliphatic hydroxyl groups excluding tert-OH is 1. The Labute approximate surface area is 67.8 Å². The van der Waals surface area contributed by atoms with E-state index < -0.39 is 0 Å². The number of rotatable bonds is 0. The van der Waals surface area contributed by atoms with Gasteiger partial charge in [-0.1, -0.05) is 0 Å². The summed E-state index contributed by atoms with van der Waals surface area (Å²) in [7, 11) is 0. The third kappa shape index (κ3) is 0.658. The third-order valence-electron chi connectivity index (χ3n) is 4.55. The first kappa shape index (κ1) is 6.47. The van der Waals surface area contributed by atoms with Crippen molar-refractivity contribution in [3.05, 3.63) is 0 Å². The minimum absolute atomic E-state index is 0.0584. The molecule has 2 unspecified atom stereocenters. The van der Waals surface area contributed by atoms with Gasteiger partial charge in [-0.15, -0.1) is 0 Å². The molecule has 3 aliphatic carbocycles. The van der Waals surface area contributed by atoms with E-state index in [-0.39, 0.29) is 6.10 Å². The predicted molar refractivity (Wildman–Crippen MR) is 43.1 cm³/mol. The zero-order chi connectivity index (χ0) is 7.47. The van der Waals surface area contributed by atoms with Crippen molar-refractivity contribution >= 4 is 0 Å². The first-order valence-electron chi connectivity index (χ1n) is 4.98. The fraction of sp³-hybridized carbons (Fsp3) is 1.00. The largest absolute Gasteiger partial charge is 0.393 e. The first-order chi connectivity index (χ1) is 5.30. The smallest absolute Gasteiger partial charge is 0.0548 e. The fourth-order valence-corrected chi connectivity index (χ4v) is 4.13. The van der Waals surface area contributed by atoms with Crippen LogP contribution in [0.5, 0.6) is 0 Å². The Bertz CT molecular complexity index is 179. The summed E-state index contributed by atoms with van der Waals surface area (Å²) in [5.74, 6) is 1.93. The Hall–Kier alpha value is -0.0400. The van der Waals surface area contributed by atoms with Crippen LogP contribution in [0.3, 0.4) is 0 Å². The van der Waals surface area contributed by atoms with E-state index in [4.69, 9.17) is 0 Å². The van der Waals surface area contributed by atoms with Gasteiger partial charge in [0.25, 0.3) is 0 Å². The maximum absolute atomic E-state index is 9.55. The van der Waals surface area contributed by atoms with Crippen LogP contribution in [0, 0.1) is 17.3 Å². The maximum Gasteiger partial charge on any atom is 0.0548 e. The molecule has 0 aromatic carbocycles. The Balaban J connectivity index is 1.96. The summed E-state index contributed by atoms with van der Waals surface area (Å²) in [5.41, 5.74) is 0.643. The van der Waals surface area contributed by atoms with Crippen LogP contribution in [-0.2, 0) is 0 Å². The predicted octanol–water partition coefficient (Wildman–Crippen LogP) is 1.95. The molecule has 0 radical (unpaired) electrons. The van der Waals surface area contributed by atoms with Gasteiger partial charge < -0.3 is 5.11 Å². The van der Waals surface area contributed by atoms with Gasteiger partial charge in [-0.05, 0) is 55.8 Å². The van der Waals surface area contributed by atoms with Crippen LogP contribution in [0.2, 0.25) is 0 Å². The second-order valence-electron chi connectivity index (χ2n) is 4.90. The molecule has 62 valence electrons. The molecule has 0 amide bonds. The summed E-state index contributed by atoms with van der Waals surface area (Å²) >= 11 is 0. The van der Waals surface area contributed by atoms with Gasteiger partial charge in [-0.3, -0.25) is 0 Å². The van der Waals surface area contributed by atoms with Gasteiger partial charge in [-0.25, -0.2) is 0 Å². The topological polar surface area (TPSA) is 20.2 Å². The fourth-order valence-electron chi connectivity index (χ4n) is 4.13. The molecule has 0 aromatic rings. The molecule has 3 rings (SSSR count). The van der Waals surface area contributed by atoms with Crippen LogP contribution >= 0.6 is 0 Å². The van der Waals surface area contributed by atoms with Crippen LogP contribution in [0.15, 0.2) is 0 Å². The van der Waals surface area contributed by atoms with Crippen LogP contribution in [0.4, 0.5) is 0 Å². The van der Waals surface area contributed by atoms with Gasteiger partial charge >= 0.3 is 0 Å². The molecule has 3 saturated carbocycles. The van der Waals surface area contributed by atoms with E-state index in [1.807, 2.05) is 0 Å². The summed E-state index contributed by atoms with van der Waals surface area (Å²) in [6, 6.07) is 0. The molecular formula is C10H16O. The minimum atomic E-state index is 0.0584. The summed E-state index contributed by atoms with van der Waals surface area (Å²) < 4.78 is 0. The van der Waals surface area contributed by atoms with Crippen LogP contribution in [-0.4, -0.2) is 11.2 Å². The highest BCUT2D eigenvalue weighted by atomic mass is 16.3. The monoisotopic (exact) mass is 152 g/mol. The molecule has 0 saturated heterocycles. The van der Waals surface area contributed by atoms with E-state index in [0.717, 1.165) is 24.7 Å². The van der Waals surface area contributed by atoms with E-state index >= 15 is 0 Å². The van der Waals surface area contributed by atoms with E-state index in [1.54, 1.807) is 0 Å². The van der Waals surface area contributed by atoms with Crippen molar-refractivity contribution in [1.29, 1.82) is 0 Å². The Morgan fingerprint density at radius 2 is 1.91 bits per heavy atom. The van der Waals surface area contributed by atoms with Gasteiger partial charge in [0.2, 0.25) is 0 Å². The van der Waals surface area contributed by atoms with Gasteiger partial charge in [0.15, 0.2) is 0 Å². The van der Waals surface area contributed by atoms with E-state index in [2.05, 4.69) is 0 Å². The summed E-state index contributed by atoms with van der Waals surface area (Å²) in [6.07, 6.45) is 8.12. The van der Waals surface area contributed by atoms with Crippen molar-refractivity contribution in [2.24, 2.45) is 17.3 Å². The second kappa shape index (κ2) is 1.82. The van der Waals surface area contributed by atoms with E-state index in [9.17, 15) is 5.11 Å². The highest BCUT2D eigenvalue weighted by molar-refractivity contribution is 5.07. The van der Waals surface area contributed by atoms with Crippen molar-refractivity contribution in [3.8, 4) is 0 Å². The van der Waals surface area contributed by atoms with Crippen molar-refractivity contribution in [2.45, 2.75) is 44.6 Å². The average molecular weight is 152 g/mol. The molecule has 0 aromatic heterocycles. The van der Waals surface area contributed by atoms with Crippen LogP contribution in [0.25, 0.3) is 0 Å². The van der Waals surface area contributed by atoms with Crippen molar-refractivity contribution < 1.29 is 5.11 Å². The van der Waals surface area contributed by atoms with E-state index in [0.29, 0.717) is 5.41 Å². The van der Waals surface area contributed by atoms with Crippen molar-refractivity contribution in [1.82, 2.24) is 0 Å². The van der Waals surface area contributed by atoms with Crippen LogP contribution in [0.1, 0.15) is 38.5 Å². The molecule has 11 heavy (non-hydrogen) atoms. The lowest BCUT2D eigenvalue weighted by molar-refractivity contribution is 0.146. The van der Waals surface area contributed by atoms with Gasteiger partial charge in [-0.2, -0.15) is 0 Å². The first-order valence-corrected chi connectivity index (χ1v) is 4.98. The molecule has 3 aliphatic rings. The molecular weight excluding hydrogens is 136 g/mol. The number of hydrogen-bond acceptors (Lipinski definition) is 1. The Morgan fingerprint density at radius 3 is 2.55 bits per heavy atom. The molecule has 2 bridgehead atoms. The molecule has 1 heteroatoms. The molecule has 2 atom stereocenters. The standard InChI is InChI=1S/C10H16O/c11-8-5-9-7-1-3-10(9,6-8)4-2-7/h7-9,11H,1-6H2. The van der Waals surface area contributed by atoms with Crippen molar-refractivity contribution in [2.75, 3.05) is 0 Å². The highest BCUT2D eigenvalue weighted by Gasteiger charge is 2.57. The summed E-state index contributed by atoms with van der Waals surface area (Å²) in [6.45, 7) is 0. The SMILES string of the molecule is OC1CC2C3CCC2(CC3)C1. The molecule has 0 heterocycles. The second-order valence-corrected chi connectivity index (χ2v) is 4.90. The van der Waals surface area contributed by atoms with E-state index in [1.165, 1.54) is 25.7 Å². The molecule has 1 nitrogen and oxygen atoms in total. The molecule has 3 fully saturated rings. The Morgan fingerprint density at radius 1 is 1.18 bits per heavy atom. The summed E-state index contributed by atoms with van der Waals surface area (Å²) in [4.78, 5) is 0.